The van der Waals surface area contributed by atoms with Crippen LogP contribution in [-0.2, 0) is 16.1 Å². The fraction of sp³-hybridized carbons (Fsp3) is 0.250. The maximum absolute atomic E-state index is 11.7. The maximum atomic E-state index is 11.7. The van der Waals surface area contributed by atoms with Crippen LogP contribution in [0.3, 0.4) is 0 Å². The Labute approximate surface area is 136 Å². The van der Waals surface area contributed by atoms with Crippen molar-refractivity contribution >= 4 is 11.5 Å². The van der Waals surface area contributed by atoms with Crippen LogP contribution in [0.4, 0.5) is 0 Å². The molecule has 118 valence electrons. The average Bonchev–Trinajstić information content (AvgIpc) is 2.80. The minimum absolute atomic E-state index is 0.197. The van der Waals surface area contributed by atoms with E-state index >= 15 is 0 Å². The highest BCUT2D eigenvalue weighted by Crippen LogP contribution is 2.34. The number of ether oxygens (including phenoxy) is 2. The molecule has 0 unspecified atom stereocenters. The normalized spacial score (nSPS) is 17.3. The standard InChI is InChI=1S/C20H20O3/c1-13-11-17(22-12-16-7-5-4-6-8-16)9-10-18(13)19-14(2)20(21)23-15(19)3/h4-11,15H,12H2,1-3H3/t15-/m1/s1. The van der Waals surface area contributed by atoms with Crippen LogP contribution < -0.4 is 4.74 Å². The SMILES string of the molecule is CC1=C(c2ccc(OCc3ccccc3)cc2C)[C@@H](C)OC1=O. The first-order valence-electron chi connectivity index (χ1n) is 7.76. The van der Waals surface area contributed by atoms with Crippen molar-refractivity contribution in [3.63, 3.8) is 0 Å². The van der Waals surface area contributed by atoms with E-state index in [2.05, 4.69) is 0 Å². The molecule has 0 N–H and O–H groups in total. The molecule has 0 amide bonds. The van der Waals surface area contributed by atoms with Gasteiger partial charge in [-0.2, -0.15) is 0 Å². The minimum atomic E-state index is -0.226. The molecule has 3 heteroatoms. The zero-order chi connectivity index (χ0) is 16.4. The van der Waals surface area contributed by atoms with Gasteiger partial charge in [-0.05, 0) is 49.6 Å². The van der Waals surface area contributed by atoms with E-state index in [0.29, 0.717) is 12.2 Å². The number of hydrogen-bond acceptors (Lipinski definition) is 3. The molecule has 1 aliphatic heterocycles. The second kappa shape index (κ2) is 6.29. The molecule has 1 atom stereocenters. The largest absolute Gasteiger partial charge is 0.489 e. The Morgan fingerprint density at radius 1 is 1.09 bits per heavy atom. The van der Waals surface area contributed by atoms with Gasteiger partial charge in [0.15, 0.2) is 0 Å². The Morgan fingerprint density at radius 3 is 2.43 bits per heavy atom. The summed E-state index contributed by atoms with van der Waals surface area (Å²) in [6.45, 7) is 6.29. The Balaban J connectivity index is 1.80. The van der Waals surface area contributed by atoms with Gasteiger partial charge in [-0.15, -0.1) is 0 Å². The van der Waals surface area contributed by atoms with Crippen molar-refractivity contribution in [2.75, 3.05) is 0 Å². The molecule has 3 nitrogen and oxygen atoms in total. The Hall–Kier alpha value is -2.55. The molecule has 0 aliphatic carbocycles. The van der Waals surface area contributed by atoms with Gasteiger partial charge >= 0.3 is 5.97 Å². The molecule has 0 fully saturated rings. The molecule has 1 aliphatic rings. The van der Waals surface area contributed by atoms with E-state index in [1.807, 2.05) is 69.3 Å². The number of carbonyl (C=O) groups excluding carboxylic acids is 1. The highest BCUT2D eigenvalue weighted by molar-refractivity contribution is 6.02. The molecule has 0 radical (unpaired) electrons. The van der Waals surface area contributed by atoms with Crippen molar-refractivity contribution in [2.24, 2.45) is 0 Å². The third-order valence-electron chi connectivity index (χ3n) is 4.14. The van der Waals surface area contributed by atoms with Gasteiger partial charge in [0, 0.05) is 11.1 Å². The monoisotopic (exact) mass is 308 g/mol. The van der Waals surface area contributed by atoms with Crippen LogP contribution in [0.1, 0.15) is 30.5 Å². The van der Waals surface area contributed by atoms with Crippen LogP contribution >= 0.6 is 0 Å². The van der Waals surface area contributed by atoms with Crippen LogP contribution in [0.5, 0.6) is 5.75 Å². The lowest BCUT2D eigenvalue weighted by atomic mass is 9.94. The zero-order valence-corrected chi connectivity index (χ0v) is 13.6. The van der Waals surface area contributed by atoms with Gasteiger partial charge in [0.25, 0.3) is 0 Å². The number of rotatable bonds is 4. The molecule has 23 heavy (non-hydrogen) atoms. The molecule has 2 aromatic carbocycles. The van der Waals surface area contributed by atoms with Gasteiger partial charge in [0.1, 0.15) is 18.5 Å². The second-order valence-electron chi connectivity index (χ2n) is 5.84. The van der Waals surface area contributed by atoms with Crippen LogP contribution in [0.15, 0.2) is 54.1 Å². The number of cyclic esters (lactones) is 1. The van der Waals surface area contributed by atoms with Gasteiger partial charge in [0.05, 0.1) is 0 Å². The third kappa shape index (κ3) is 3.14. The molecule has 0 spiro atoms. The van der Waals surface area contributed by atoms with Crippen molar-refractivity contribution < 1.29 is 14.3 Å². The second-order valence-corrected chi connectivity index (χ2v) is 5.84. The third-order valence-corrected chi connectivity index (χ3v) is 4.14. The van der Waals surface area contributed by atoms with Crippen LogP contribution in [0.25, 0.3) is 5.57 Å². The molecule has 0 bridgehead atoms. The summed E-state index contributed by atoms with van der Waals surface area (Å²) in [6, 6.07) is 16.0. The Bertz CT molecular complexity index is 760. The van der Waals surface area contributed by atoms with Crippen molar-refractivity contribution in [1.29, 1.82) is 0 Å². The van der Waals surface area contributed by atoms with Crippen molar-refractivity contribution in [2.45, 2.75) is 33.5 Å². The van der Waals surface area contributed by atoms with Gasteiger partial charge in [-0.1, -0.05) is 36.4 Å². The summed E-state index contributed by atoms with van der Waals surface area (Å²) in [5, 5.41) is 0. The van der Waals surface area contributed by atoms with Gasteiger partial charge in [-0.25, -0.2) is 4.79 Å². The van der Waals surface area contributed by atoms with Crippen molar-refractivity contribution in [3.8, 4) is 5.75 Å². The molecule has 0 saturated carbocycles. The lowest BCUT2D eigenvalue weighted by Gasteiger charge is -2.14. The highest BCUT2D eigenvalue weighted by atomic mass is 16.5. The van der Waals surface area contributed by atoms with E-state index in [1.165, 1.54) is 0 Å². The summed E-state index contributed by atoms with van der Waals surface area (Å²) in [5.41, 5.74) is 4.93. The Morgan fingerprint density at radius 2 is 1.83 bits per heavy atom. The molecular formula is C20H20O3. The van der Waals surface area contributed by atoms with Crippen LogP contribution in [0.2, 0.25) is 0 Å². The van der Waals surface area contributed by atoms with E-state index in [9.17, 15) is 4.79 Å². The van der Waals surface area contributed by atoms with Crippen LogP contribution in [0, 0.1) is 6.92 Å². The van der Waals surface area contributed by atoms with E-state index in [-0.39, 0.29) is 12.1 Å². The molecule has 0 aromatic heterocycles. The minimum Gasteiger partial charge on any atom is -0.489 e. The predicted octanol–water partition coefficient (Wildman–Crippen LogP) is 4.29. The van der Waals surface area contributed by atoms with Crippen molar-refractivity contribution in [3.05, 3.63) is 70.8 Å². The summed E-state index contributed by atoms with van der Waals surface area (Å²) in [5.74, 6) is 0.600. The fourth-order valence-corrected chi connectivity index (χ4v) is 2.91. The van der Waals surface area contributed by atoms with E-state index < -0.39 is 0 Å². The van der Waals surface area contributed by atoms with E-state index in [1.54, 1.807) is 0 Å². The number of aryl methyl sites for hydroxylation is 1. The first-order valence-corrected chi connectivity index (χ1v) is 7.76. The van der Waals surface area contributed by atoms with Gasteiger partial charge < -0.3 is 9.47 Å². The maximum Gasteiger partial charge on any atom is 0.334 e. The predicted molar refractivity (Wildman–Crippen MR) is 90.1 cm³/mol. The summed E-state index contributed by atoms with van der Waals surface area (Å²) in [6.07, 6.45) is -0.197. The van der Waals surface area contributed by atoms with Crippen LogP contribution in [-0.4, -0.2) is 12.1 Å². The summed E-state index contributed by atoms with van der Waals surface area (Å²) in [4.78, 5) is 11.7. The quantitative estimate of drug-likeness (QED) is 0.790. The number of benzene rings is 2. The smallest absolute Gasteiger partial charge is 0.334 e. The Kier molecular flexibility index (Phi) is 4.20. The lowest BCUT2D eigenvalue weighted by Crippen LogP contribution is -2.06. The van der Waals surface area contributed by atoms with E-state index in [4.69, 9.17) is 9.47 Å². The topological polar surface area (TPSA) is 35.5 Å². The number of esters is 1. The van der Waals surface area contributed by atoms with E-state index in [0.717, 1.165) is 28.0 Å². The molecular weight excluding hydrogens is 288 g/mol. The first kappa shape index (κ1) is 15.3. The number of carbonyl (C=O) groups is 1. The van der Waals surface area contributed by atoms with Gasteiger partial charge in [0.2, 0.25) is 0 Å². The zero-order valence-electron chi connectivity index (χ0n) is 13.6. The molecule has 2 aromatic rings. The highest BCUT2D eigenvalue weighted by Gasteiger charge is 2.29. The molecule has 1 heterocycles. The summed E-state index contributed by atoms with van der Waals surface area (Å²) >= 11 is 0. The van der Waals surface area contributed by atoms with Crippen molar-refractivity contribution in [1.82, 2.24) is 0 Å². The lowest BCUT2D eigenvalue weighted by molar-refractivity contribution is -0.138. The number of hydrogen-bond donors (Lipinski definition) is 0. The molecule has 0 saturated heterocycles. The average molecular weight is 308 g/mol. The van der Waals surface area contributed by atoms with Gasteiger partial charge in [-0.3, -0.25) is 0 Å². The fourth-order valence-electron chi connectivity index (χ4n) is 2.91. The first-order chi connectivity index (χ1) is 11.1. The molecule has 3 rings (SSSR count). The summed E-state index contributed by atoms with van der Waals surface area (Å²) < 4.78 is 11.1. The summed E-state index contributed by atoms with van der Waals surface area (Å²) in [7, 11) is 0.